The number of hydrogen-bond donors (Lipinski definition) is 3. The Morgan fingerprint density at radius 2 is 1.95 bits per heavy atom. The number of carbonyl (C=O) groups excluding carboxylic acids is 1. The van der Waals surface area contributed by atoms with E-state index >= 15 is 0 Å². The molecule has 1 aromatic rings. The summed E-state index contributed by atoms with van der Waals surface area (Å²) in [7, 11) is 0. The highest BCUT2D eigenvalue weighted by Gasteiger charge is 2.26. The summed E-state index contributed by atoms with van der Waals surface area (Å²) in [6.07, 6.45) is 0.924. The number of amides is 1. The van der Waals surface area contributed by atoms with Gasteiger partial charge in [-0.2, -0.15) is 0 Å². The normalized spacial score (nSPS) is 18.4. The first-order valence-corrected chi connectivity index (χ1v) is 7.02. The second-order valence-corrected chi connectivity index (χ2v) is 5.15. The Labute approximate surface area is 131 Å². The summed E-state index contributed by atoms with van der Waals surface area (Å²) in [6.45, 7) is 1.51. The molecule has 1 aliphatic rings. The highest BCUT2D eigenvalue weighted by Crippen LogP contribution is 2.18. The van der Waals surface area contributed by atoms with Crippen molar-refractivity contribution in [1.82, 2.24) is 5.32 Å². The van der Waals surface area contributed by atoms with E-state index in [1.54, 1.807) is 0 Å². The van der Waals surface area contributed by atoms with Crippen LogP contribution in [-0.2, 0) is 9.53 Å². The molecule has 0 aliphatic carbocycles. The topological polar surface area (TPSA) is 84.6 Å². The third-order valence-electron chi connectivity index (χ3n) is 3.73. The minimum absolute atomic E-state index is 0. The molecule has 118 valence electrons. The molecular weight excluding hydrogens is 292 g/mol. The molecule has 21 heavy (non-hydrogen) atoms. The number of hydrogen-bond acceptors (Lipinski definition) is 4. The zero-order valence-corrected chi connectivity index (χ0v) is 12.7. The van der Waals surface area contributed by atoms with Crippen LogP contribution >= 0.6 is 12.4 Å². The molecule has 2 rings (SSSR count). The molecule has 0 radical (unpaired) electrons. The minimum Gasteiger partial charge on any atom is -0.387 e. The maximum absolute atomic E-state index is 12.0. The molecule has 1 aliphatic heterocycles. The molecule has 0 spiro atoms. The fraction of sp³-hybridized carbons (Fsp3) is 0.533. The molecule has 6 heteroatoms. The van der Waals surface area contributed by atoms with Crippen LogP contribution in [0.25, 0.3) is 0 Å². The van der Waals surface area contributed by atoms with Crippen LogP contribution in [0, 0.1) is 5.92 Å². The first-order chi connectivity index (χ1) is 9.68. The predicted octanol–water partition coefficient (Wildman–Crippen LogP) is 1.01. The smallest absolute Gasteiger partial charge is 0.237 e. The quantitative estimate of drug-likeness (QED) is 0.757. The zero-order chi connectivity index (χ0) is 14.4. The fourth-order valence-electron chi connectivity index (χ4n) is 2.40. The van der Waals surface area contributed by atoms with Crippen LogP contribution in [0.15, 0.2) is 30.3 Å². The second kappa shape index (κ2) is 9.00. The van der Waals surface area contributed by atoms with E-state index in [0.717, 1.165) is 18.4 Å². The van der Waals surface area contributed by atoms with Crippen LogP contribution in [0.1, 0.15) is 24.5 Å². The van der Waals surface area contributed by atoms with Gasteiger partial charge >= 0.3 is 0 Å². The number of nitrogens with one attached hydrogen (secondary N) is 1. The van der Waals surface area contributed by atoms with Gasteiger partial charge in [-0.05, 0) is 24.3 Å². The van der Waals surface area contributed by atoms with Crippen LogP contribution < -0.4 is 11.1 Å². The van der Waals surface area contributed by atoms with Crippen molar-refractivity contribution in [3.05, 3.63) is 35.9 Å². The lowest BCUT2D eigenvalue weighted by Crippen LogP contribution is -2.47. The number of aliphatic hydroxyl groups excluding tert-OH is 1. The molecule has 0 saturated carbocycles. The van der Waals surface area contributed by atoms with Crippen LogP contribution in [-0.4, -0.2) is 36.8 Å². The maximum Gasteiger partial charge on any atom is 0.237 e. The predicted molar refractivity (Wildman–Crippen MR) is 83.2 cm³/mol. The molecule has 2 atom stereocenters. The molecular formula is C15H23ClN2O3. The Kier molecular flexibility index (Phi) is 7.67. The molecule has 2 unspecified atom stereocenters. The van der Waals surface area contributed by atoms with Gasteiger partial charge in [-0.1, -0.05) is 30.3 Å². The molecule has 5 nitrogen and oxygen atoms in total. The van der Waals surface area contributed by atoms with Gasteiger partial charge in [0.2, 0.25) is 5.91 Å². The van der Waals surface area contributed by atoms with Crippen molar-refractivity contribution in [2.75, 3.05) is 19.8 Å². The summed E-state index contributed by atoms with van der Waals surface area (Å²) in [5.41, 5.74) is 6.75. The van der Waals surface area contributed by atoms with Gasteiger partial charge in [0, 0.05) is 19.8 Å². The Morgan fingerprint density at radius 1 is 1.33 bits per heavy atom. The average Bonchev–Trinajstić information content (AvgIpc) is 2.53. The van der Waals surface area contributed by atoms with Crippen LogP contribution in [0.3, 0.4) is 0 Å². The van der Waals surface area contributed by atoms with Crippen molar-refractivity contribution in [1.29, 1.82) is 0 Å². The number of rotatable bonds is 5. The van der Waals surface area contributed by atoms with Crippen molar-refractivity contribution in [2.45, 2.75) is 25.0 Å². The molecule has 1 aromatic carbocycles. The summed E-state index contributed by atoms with van der Waals surface area (Å²) in [6, 6.07) is 8.73. The van der Waals surface area contributed by atoms with Crippen LogP contribution in [0.4, 0.5) is 0 Å². The highest BCUT2D eigenvalue weighted by atomic mass is 35.5. The largest absolute Gasteiger partial charge is 0.387 e. The first-order valence-electron chi connectivity index (χ1n) is 7.02. The molecule has 1 heterocycles. The maximum atomic E-state index is 12.0. The van der Waals surface area contributed by atoms with E-state index < -0.39 is 12.1 Å². The Hall–Kier alpha value is -1.14. The van der Waals surface area contributed by atoms with Gasteiger partial charge in [0.25, 0.3) is 0 Å². The van der Waals surface area contributed by atoms with Crippen molar-refractivity contribution < 1.29 is 14.6 Å². The summed E-state index contributed by atoms with van der Waals surface area (Å²) >= 11 is 0. The third-order valence-corrected chi connectivity index (χ3v) is 3.73. The van der Waals surface area contributed by atoms with Gasteiger partial charge < -0.3 is 20.9 Å². The Morgan fingerprint density at radius 3 is 2.57 bits per heavy atom. The van der Waals surface area contributed by atoms with Crippen molar-refractivity contribution >= 4 is 18.3 Å². The van der Waals surface area contributed by atoms with Gasteiger partial charge in [0.05, 0.1) is 12.1 Å². The number of carbonyl (C=O) groups is 1. The summed E-state index contributed by atoms with van der Waals surface area (Å²) < 4.78 is 5.26. The minimum atomic E-state index is -0.706. The van der Waals surface area contributed by atoms with E-state index in [0.29, 0.717) is 13.2 Å². The summed E-state index contributed by atoms with van der Waals surface area (Å²) in [4.78, 5) is 12.0. The monoisotopic (exact) mass is 314 g/mol. The van der Waals surface area contributed by atoms with Crippen LogP contribution in [0.2, 0.25) is 0 Å². The van der Waals surface area contributed by atoms with Gasteiger partial charge in [-0.15, -0.1) is 12.4 Å². The van der Waals surface area contributed by atoms with Crippen molar-refractivity contribution in [3.63, 3.8) is 0 Å². The van der Waals surface area contributed by atoms with E-state index in [1.807, 2.05) is 30.3 Å². The average molecular weight is 315 g/mol. The standard InChI is InChI=1S/C15H22N2O3.ClH/c16-14(12-6-8-20-9-7-12)15(19)17-10-13(18)11-4-2-1-3-5-11;/h1-5,12-14,18H,6-10,16H2,(H,17,19);1H. The van der Waals surface area contributed by atoms with E-state index in [1.165, 1.54) is 0 Å². The third kappa shape index (κ3) is 5.28. The molecule has 1 saturated heterocycles. The number of ether oxygens (including phenoxy) is 1. The highest BCUT2D eigenvalue weighted by molar-refractivity contribution is 5.85. The lowest BCUT2D eigenvalue weighted by atomic mass is 9.92. The Balaban J connectivity index is 0.00000220. The van der Waals surface area contributed by atoms with Gasteiger partial charge in [0.15, 0.2) is 0 Å². The molecule has 0 aromatic heterocycles. The van der Waals surface area contributed by atoms with E-state index in [-0.39, 0.29) is 30.8 Å². The van der Waals surface area contributed by atoms with E-state index in [2.05, 4.69) is 5.32 Å². The second-order valence-electron chi connectivity index (χ2n) is 5.15. The van der Waals surface area contributed by atoms with E-state index in [9.17, 15) is 9.90 Å². The van der Waals surface area contributed by atoms with Gasteiger partial charge in [-0.25, -0.2) is 0 Å². The van der Waals surface area contributed by atoms with Crippen LogP contribution in [0.5, 0.6) is 0 Å². The number of benzene rings is 1. The summed E-state index contributed by atoms with van der Waals surface area (Å²) in [5, 5.41) is 12.7. The number of halogens is 1. The number of aliphatic hydroxyl groups is 1. The van der Waals surface area contributed by atoms with Crippen molar-refractivity contribution in [2.24, 2.45) is 11.7 Å². The molecule has 0 bridgehead atoms. The van der Waals surface area contributed by atoms with Gasteiger partial charge in [-0.3, -0.25) is 4.79 Å². The first kappa shape index (κ1) is 17.9. The van der Waals surface area contributed by atoms with Gasteiger partial charge in [0.1, 0.15) is 0 Å². The molecule has 4 N–H and O–H groups in total. The number of nitrogens with two attached hydrogens (primary N) is 1. The molecule has 1 fully saturated rings. The SMILES string of the molecule is Cl.NC(C(=O)NCC(O)c1ccccc1)C1CCOCC1. The van der Waals surface area contributed by atoms with Crippen molar-refractivity contribution in [3.8, 4) is 0 Å². The molecule has 1 amide bonds. The zero-order valence-electron chi connectivity index (χ0n) is 11.9. The summed E-state index contributed by atoms with van der Waals surface area (Å²) in [5.74, 6) is -0.0375. The lowest BCUT2D eigenvalue weighted by molar-refractivity contribution is -0.124. The van der Waals surface area contributed by atoms with E-state index in [4.69, 9.17) is 10.5 Å². The fourth-order valence-corrected chi connectivity index (χ4v) is 2.40. The Bertz CT molecular complexity index is 424. The lowest BCUT2D eigenvalue weighted by Gasteiger charge is -2.27.